The molecule has 1 N–H and O–H groups in total. The number of pyridine rings is 1. The molecule has 1 amide bonds. The van der Waals surface area contributed by atoms with Crippen LogP contribution in [0.2, 0.25) is 0 Å². The summed E-state index contributed by atoms with van der Waals surface area (Å²) in [7, 11) is 1.84. The van der Waals surface area contributed by atoms with Crippen molar-refractivity contribution in [2.24, 2.45) is 0 Å². The monoisotopic (exact) mass is 355 g/mol. The average Bonchev–Trinajstić information content (AvgIpc) is 3.03. The van der Waals surface area contributed by atoms with Crippen molar-refractivity contribution in [2.45, 2.75) is 38.7 Å². The van der Waals surface area contributed by atoms with Crippen molar-refractivity contribution in [3.8, 4) is 0 Å². The van der Waals surface area contributed by atoms with E-state index >= 15 is 0 Å². The lowest BCUT2D eigenvalue weighted by molar-refractivity contribution is -0.0247. The first kappa shape index (κ1) is 17.1. The van der Waals surface area contributed by atoms with Crippen molar-refractivity contribution in [2.75, 3.05) is 32.1 Å². The minimum absolute atomic E-state index is 0.0625. The third-order valence-electron chi connectivity index (χ3n) is 5.27. The molecule has 0 saturated carbocycles. The molecule has 6 nitrogen and oxygen atoms in total. The Kier molecular flexibility index (Phi) is 4.68. The van der Waals surface area contributed by atoms with E-state index < -0.39 is 0 Å². The van der Waals surface area contributed by atoms with Gasteiger partial charge in [-0.2, -0.15) is 0 Å². The number of ether oxygens (including phenoxy) is 1. The second-order valence-electron chi connectivity index (χ2n) is 6.95. The number of aromatic nitrogens is 1. The normalized spacial score (nSPS) is 19.9. The van der Waals surface area contributed by atoms with Gasteiger partial charge in [-0.25, -0.2) is 4.98 Å². The van der Waals surface area contributed by atoms with Gasteiger partial charge in [-0.15, -0.1) is 0 Å². The molecular weight excluding hydrogens is 330 g/mol. The van der Waals surface area contributed by atoms with Gasteiger partial charge in [0.1, 0.15) is 23.4 Å². The maximum atomic E-state index is 13.2. The Morgan fingerprint density at radius 3 is 3.00 bits per heavy atom. The number of furan rings is 1. The predicted molar refractivity (Wildman–Crippen MR) is 98.5 cm³/mol. The van der Waals surface area contributed by atoms with E-state index in [9.17, 15) is 4.79 Å². The van der Waals surface area contributed by atoms with Crippen LogP contribution in [0.25, 0.3) is 0 Å². The minimum Gasteiger partial charge on any atom is -0.465 e. The lowest BCUT2D eigenvalue weighted by Gasteiger charge is -2.33. The maximum Gasteiger partial charge on any atom is 0.257 e. The second kappa shape index (κ2) is 7.11. The number of nitrogens with zero attached hydrogens (tertiary/aromatic N) is 2. The summed E-state index contributed by atoms with van der Waals surface area (Å²) < 4.78 is 11.8. The van der Waals surface area contributed by atoms with E-state index in [4.69, 9.17) is 9.15 Å². The van der Waals surface area contributed by atoms with Crippen LogP contribution in [0.3, 0.4) is 0 Å². The largest absolute Gasteiger partial charge is 0.465 e. The van der Waals surface area contributed by atoms with Crippen molar-refractivity contribution >= 4 is 11.7 Å². The number of hydrogen-bond donors (Lipinski definition) is 1. The van der Waals surface area contributed by atoms with Gasteiger partial charge in [0.05, 0.1) is 24.4 Å². The van der Waals surface area contributed by atoms with Gasteiger partial charge >= 0.3 is 0 Å². The molecule has 0 unspecified atom stereocenters. The number of carbonyl (C=O) groups excluding carboxylic acids is 1. The van der Waals surface area contributed by atoms with Gasteiger partial charge in [0.15, 0.2) is 0 Å². The number of aryl methyl sites for hydroxylation is 2. The lowest BCUT2D eigenvalue weighted by Crippen LogP contribution is -2.42. The number of morpholine rings is 1. The summed E-state index contributed by atoms with van der Waals surface area (Å²) in [4.78, 5) is 19.7. The number of amides is 1. The van der Waals surface area contributed by atoms with Crippen molar-refractivity contribution in [3.05, 3.63) is 46.5 Å². The van der Waals surface area contributed by atoms with E-state index in [0.717, 1.165) is 59.8 Å². The molecule has 6 heteroatoms. The molecule has 26 heavy (non-hydrogen) atoms. The highest BCUT2D eigenvalue weighted by atomic mass is 16.5. The molecular formula is C20H25N3O3. The van der Waals surface area contributed by atoms with E-state index in [-0.39, 0.29) is 12.0 Å². The molecule has 1 aliphatic carbocycles. The Labute approximate surface area is 153 Å². The summed E-state index contributed by atoms with van der Waals surface area (Å²) in [5.74, 6) is 2.62. The zero-order valence-electron chi connectivity index (χ0n) is 15.4. The van der Waals surface area contributed by atoms with Crippen LogP contribution in [-0.4, -0.2) is 42.5 Å². The fraction of sp³-hybridized carbons (Fsp3) is 0.500. The zero-order chi connectivity index (χ0) is 18.1. The molecule has 0 aromatic carbocycles. The number of nitrogens with one attached hydrogen (secondary N) is 1. The van der Waals surface area contributed by atoms with Crippen LogP contribution < -0.4 is 5.32 Å². The number of fused-ring (bicyclic) bond motifs is 1. The summed E-state index contributed by atoms with van der Waals surface area (Å²) >= 11 is 0. The summed E-state index contributed by atoms with van der Waals surface area (Å²) in [5.41, 5.74) is 2.75. The van der Waals surface area contributed by atoms with Gasteiger partial charge in [-0.3, -0.25) is 4.79 Å². The van der Waals surface area contributed by atoms with Gasteiger partial charge in [0, 0.05) is 25.6 Å². The number of carbonyl (C=O) groups is 1. The van der Waals surface area contributed by atoms with Crippen molar-refractivity contribution < 1.29 is 13.9 Å². The Morgan fingerprint density at radius 1 is 1.31 bits per heavy atom. The van der Waals surface area contributed by atoms with Gasteiger partial charge < -0.3 is 19.4 Å². The Hall–Kier alpha value is -2.34. The smallest absolute Gasteiger partial charge is 0.257 e. The van der Waals surface area contributed by atoms with Gasteiger partial charge in [0.25, 0.3) is 5.91 Å². The summed E-state index contributed by atoms with van der Waals surface area (Å²) in [6.45, 7) is 3.53. The average molecular weight is 355 g/mol. The Balaban J connectivity index is 1.56. The minimum atomic E-state index is -0.205. The molecule has 3 heterocycles. The van der Waals surface area contributed by atoms with E-state index in [2.05, 4.69) is 10.3 Å². The quantitative estimate of drug-likeness (QED) is 0.916. The highest BCUT2D eigenvalue weighted by molar-refractivity contribution is 5.97. The zero-order valence-corrected chi connectivity index (χ0v) is 15.4. The molecule has 138 valence electrons. The fourth-order valence-electron chi connectivity index (χ4n) is 3.92. The summed E-state index contributed by atoms with van der Waals surface area (Å²) in [6, 6.07) is 5.82. The molecule has 0 radical (unpaired) electrons. The molecule has 2 aliphatic rings. The number of anilines is 1. The van der Waals surface area contributed by atoms with E-state index in [1.54, 1.807) is 0 Å². The molecule has 1 aliphatic heterocycles. The van der Waals surface area contributed by atoms with Crippen LogP contribution in [0.4, 0.5) is 5.82 Å². The van der Waals surface area contributed by atoms with Gasteiger partial charge in [-0.1, -0.05) is 6.07 Å². The molecule has 1 atom stereocenters. The third kappa shape index (κ3) is 3.09. The summed E-state index contributed by atoms with van der Waals surface area (Å²) in [5, 5.41) is 3.04. The molecule has 4 rings (SSSR count). The van der Waals surface area contributed by atoms with Gasteiger partial charge in [0.2, 0.25) is 0 Å². The molecule has 2 aromatic heterocycles. The SMILES string of the molecule is CNc1cccc([C@@H]2CN(C(=O)c3c(C)oc4c3CCCC4)CCO2)n1. The maximum absolute atomic E-state index is 13.2. The predicted octanol–water partition coefficient (Wildman–Crippen LogP) is 3.12. The molecule has 0 bridgehead atoms. The van der Waals surface area contributed by atoms with Crippen molar-refractivity contribution in [3.63, 3.8) is 0 Å². The fourth-order valence-corrected chi connectivity index (χ4v) is 3.92. The van der Waals surface area contributed by atoms with E-state index in [1.807, 2.05) is 37.1 Å². The molecule has 0 spiro atoms. The van der Waals surface area contributed by atoms with Crippen LogP contribution in [0, 0.1) is 6.92 Å². The number of rotatable bonds is 3. The lowest BCUT2D eigenvalue weighted by atomic mass is 9.94. The van der Waals surface area contributed by atoms with Crippen LogP contribution in [0.5, 0.6) is 0 Å². The molecule has 1 fully saturated rings. The first-order valence-corrected chi connectivity index (χ1v) is 9.34. The standard InChI is InChI=1S/C20H25N3O3/c1-13-19(14-6-3-4-8-16(14)26-13)20(24)23-10-11-25-17(12-23)15-7-5-9-18(21-2)22-15/h5,7,9,17H,3-4,6,8,10-12H2,1-2H3,(H,21,22)/t17-/m0/s1. The topological polar surface area (TPSA) is 67.6 Å². The molecule has 1 saturated heterocycles. The molecule has 2 aromatic rings. The van der Waals surface area contributed by atoms with Crippen LogP contribution >= 0.6 is 0 Å². The van der Waals surface area contributed by atoms with Crippen LogP contribution in [0.1, 0.15) is 52.1 Å². The number of hydrogen-bond acceptors (Lipinski definition) is 5. The Bertz CT molecular complexity index is 815. The highest BCUT2D eigenvalue weighted by Gasteiger charge is 2.32. The van der Waals surface area contributed by atoms with Crippen LogP contribution in [-0.2, 0) is 17.6 Å². The second-order valence-corrected chi connectivity index (χ2v) is 6.95. The van der Waals surface area contributed by atoms with E-state index in [1.165, 1.54) is 0 Å². The first-order chi connectivity index (χ1) is 12.7. The first-order valence-electron chi connectivity index (χ1n) is 9.34. The Morgan fingerprint density at radius 2 is 2.15 bits per heavy atom. The van der Waals surface area contributed by atoms with Crippen molar-refractivity contribution in [1.29, 1.82) is 0 Å². The third-order valence-corrected chi connectivity index (χ3v) is 5.27. The van der Waals surface area contributed by atoms with Crippen molar-refractivity contribution in [1.82, 2.24) is 9.88 Å². The van der Waals surface area contributed by atoms with Gasteiger partial charge in [-0.05, 0) is 38.3 Å². The van der Waals surface area contributed by atoms with Crippen LogP contribution in [0.15, 0.2) is 22.6 Å². The summed E-state index contributed by atoms with van der Waals surface area (Å²) in [6.07, 6.45) is 3.94. The highest BCUT2D eigenvalue weighted by Crippen LogP contribution is 2.31. The van der Waals surface area contributed by atoms with E-state index in [0.29, 0.717) is 19.7 Å².